The summed E-state index contributed by atoms with van der Waals surface area (Å²) in [5.41, 5.74) is -4.27. The Kier molecular flexibility index (Phi) is 4.50. The number of halogens is 4. The molecule has 0 aliphatic rings. The molecular weight excluding hydrogens is 312 g/mol. The Morgan fingerprint density at radius 1 is 0.739 bits per heavy atom. The molecular formula is C17H16F4O2. The van der Waals surface area contributed by atoms with E-state index >= 15 is 0 Å². The van der Waals surface area contributed by atoms with E-state index in [1.54, 1.807) is 0 Å². The second-order valence-electron chi connectivity index (χ2n) is 5.97. The lowest BCUT2D eigenvalue weighted by molar-refractivity contribution is -0.0556. The zero-order chi connectivity index (χ0) is 17.4. The molecule has 2 aromatic carbocycles. The van der Waals surface area contributed by atoms with Crippen molar-refractivity contribution in [2.45, 2.75) is 31.5 Å². The van der Waals surface area contributed by atoms with Gasteiger partial charge in [-0.25, -0.2) is 17.6 Å². The van der Waals surface area contributed by atoms with Crippen molar-refractivity contribution in [3.05, 3.63) is 70.8 Å². The predicted octanol–water partition coefficient (Wildman–Crippen LogP) is 3.75. The first-order chi connectivity index (χ1) is 10.5. The molecule has 2 N–H and O–H groups in total. The minimum Gasteiger partial charge on any atom is -0.385 e. The van der Waals surface area contributed by atoms with Crippen LogP contribution in [-0.4, -0.2) is 10.2 Å². The molecule has 0 aliphatic carbocycles. The minimum absolute atomic E-state index is 0.235. The molecule has 6 heteroatoms. The molecule has 0 heterocycles. The smallest absolute Gasteiger partial charge is 0.132 e. The molecule has 124 valence electrons. The van der Waals surface area contributed by atoms with E-state index in [0.717, 1.165) is 24.3 Å². The van der Waals surface area contributed by atoms with E-state index in [-0.39, 0.29) is 11.1 Å². The molecule has 2 nitrogen and oxygen atoms in total. The molecule has 0 unspecified atom stereocenters. The van der Waals surface area contributed by atoms with Crippen LogP contribution >= 0.6 is 0 Å². The van der Waals surface area contributed by atoms with Gasteiger partial charge >= 0.3 is 0 Å². The maximum Gasteiger partial charge on any atom is 0.132 e. The molecule has 0 aliphatic heterocycles. The first kappa shape index (κ1) is 17.4. The Labute approximate surface area is 131 Å². The van der Waals surface area contributed by atoms with E-state index < -0.39 is 40.9 Å². The molecule has 2 aromatic rings. The SMILES string of the molecule is C[C@](O)(C[C@](C)(O)c1ccc(F)cc1F)c1ccc(F)cc1F. The number of hydrogen-bond acceptors (Lipinski definition) is 2. The van der Waals surface area contributed by atoms with Gasteiger partial charge in [-0.05, 0) is 26.0 Å². The maximum atomic E-state index is 13.9. The van der Waals surface area contributed by atoms with Gasteiger partial charge in [0.2, 0.25) is 0 Å². The Morgan fingerprint density at radius 3 is 1.39 bits per heavy atom. The average Bonchev–Trinajstić information content (AvgIpc) is 2.35. The molecule has 0 fully saturated rings. The van der Waals surface area contributed by atoms with Crippen molar-refractivity contribution in [1.29, 1.82) is 0 Å². The van der Waals surface area contributed by atoms with E-state index in [2.05, 4.69) is 0 Å². The first-order valence-corrected chi connectivity index (χ1v) is 6.89. The largest absolute Gasteiger partial charge is 0.385 e. The molecule has 0 saturated heterocycles. The highest BCUT2D eigenvalue weighted by atomic mass is 19.1. The summed E-state index contributed by atoms with van der Waals surface area (Å²) in [6, 6.07) is 5.28. The standard InChI is InChI=1S/C17H16F4O2/c1-16(22,12-5-3-10(18)7-14(12)20)9-17(2,23)13-6-4-11(19)8-15(13)21/h3-8,22-23H,9H2,1-2H3/t16-,17-/m0/s1. The third kappa shape index (κ3) is 3.71. The van der Waals surface area contributed by atoms with Gasteiger partial charge in [0, 0.05) is 29.7 Å². The lowest BCUT2D eigenvalue weighted by Crippen LogP contribution is -2.35. The van der Waals surface area contributed by atoms with Crippen LogP contribution in [0.25, 0.3) is 0 Å². The van der Waals surface area contributed by atoms with Crippen LogP contribution in [0, 0.1) is 23.3 Å². The summed E-state index contributed by atoms with van der Waals surface area (Å²) in [4.78, 5) is 0. The third-order valence-corrected chi connectivity index (χ3v) is 3.71. The molecule has 0 spiro atoms. The van der Waals surface area contributed by atoms with Crippen LogP contribution < -0.4 is 0 Å². The molecule has 0 radical (unpaired) electrons. The van der Waals surface area contributed by atoms with E-state index in [0.29, 0.717) is 12.1 Å². The maximum absolute atomic E-state index is 13.9. The normalized spacial score (nSPS) is 16.7. The van der Waals surface area contributed by atoms with Crippen LogP contribution in [0.1, 0.15) is 31.4 Å². The van der Waals surface area contributed by atoms with Gasteiger partial charge in [0.25, 0.3) is 0 Å². The number of hydrogen-bond donors (Lipinski definition) is 2. The van der Waals surface area contributed by atoms with Crippen molar-refractivity contribution in [2.75, 3.05) is 0 Å². The lowest BCUT2D eigenvalue weighted by atomic mass is 9.80. The van der Waals surface area contributed by atoms with Gasteiger partial charge < -0.3 is 10.2 Å². The Hall–Kier alpha value is -1.92. The topological polar surface area (TPSA) is 40.5 Å². The van der Waals surface area contributed by atoms with Gasteiger partial charge in [0.05, 0.1) is 11.2 Å². The van der Waals surface area contributed by atoms with E-state index in [9.17, 15) is 27.8 Å². The second kappa shape index (κ2) is 5.94. The monoisotopic (exact) mass is 328 g/mol. The van der Waals surface area contributed by atoms with Crippen molar-refractivity contribution in [1.82, 2.24) is 0 Å². The van der Waals surface area contributed by atoms with Crippen LogP contribution in [0.5, 0.6) is 0 Å². The van der Waals surface area contributed by atoms with Crippen molar-refractivity contribution < 1.29 is 27.8 Å². The Morgan fingerprint density at radius 2 is 1.09 bits per heavy atom. The highest BCUT2D eigenvalue weighted by Crippen LogP contribution is 2.38. The number of aliphatic hydroxyl groups is 2. The van der Waals surface area contributed by atoms with Crippen LogP contribution in [0.4, 0.5) is 17.6 Å². The summed E-state index contributed by atoms with van der Waals surface area (Å²) >= 11 is 0. The van der Waals surface area contributed by atoms with Crippen molar-refractivity contribution in [3.8, 4) is 0 Å². The quantitative estimate of drug-likeness (QED) is 0.839. The van der Waals surface area contributed by atoms with Crippen LogP contribution in [0.15, 0.2) is 36.4 Å². The fraction of sp³-hybridized carbons (Fsp3) is 0.294. The molecule has 0 amide bonds. The highest BCUT2D eigenvalue weighted by molar-refractivity contribution is 5.29. The molecule has 0 saturated carbocycles. The summed E-state index contributed by atoms with van der Waals surface area (Å²) in [6.45, 7) is 2.44. The highest BCUT2D eigenvalue weighted by Gasteiger charge is 2.38. The minimum atomic E-state index is -1.90. The van der Waals surface area contributed by atoms with Gasteiger partial charge in [-0.15, -0.1) is 0 Å². The molecule has 0 aromatic heterocycles. The van der Waals surface area contributed by atoms with Gasteiger partial charge in [-0.3, -0.25) is 0 Å². The Bertz CT molecular complexity index is 665. The zero-order valence-electron chi connectivity index (χ0n) is 12.6. The molecule has 2 rings (SSSR count). The Balaban J connectivity index is 2.37. The van der Waals surface area contributed by atoms with Crippen LogP contribution in [0.2, 0.25) is 0 Å². The third-order valence-electron chi connectivity index (χ3n) is 3.71. The van der Waals surface area contributed by atoms with E-state index in [1.807, 2.05) is 0 Å². The number of benzene rings is 2. The summed E-state index contributed by atoms with van der Waals surface area (Å²) in [5, 5.41) is 21.0. The predicted molar refractivity (Wildman–Crippen MR) is 76.5 cm³/mol. The van der Waals surface area contributed by atoms with Gasteiger partial charge in [-0.1, -0.05) is 12.1 Å². The number of rotatable bonds is 4. The second-order valence-corrected chi connectivity index (χ2v) is 5.97. The fourth-order valence-corrected chi connectivity index (χ4v) is 2.71. The van der Waals surface area contributed by atoms with Crippen molar-refractivity contribution in [3.63, 3.8) is 0 Å². The van der Waals surface area contributed by atoms with Gasteiger partial charge in [0.1, 0.15) is 23.3 Å². The molecule has 2 atom stereocenters. The average molecular weight is 328 g/mol. The van der Waals surface area contributed by atoms with E-state index in [4.69, 9.17) is 0 Å². The van der Waals surface area contributed by atoms with Gasteiger partial charge in [-0.2, -0.15) is 0 Å². The summed E-state index contributed by atoms with van der Waals surface area (Å²) in [7, 11) is 0. The summed E-state index contributed by atoms with van der Waals surface area (Å²) in [5.74, 6) is -3.58. The first-order valence-electron chi connectivity index (χ1n) is 6.89. The molecule has 23 heavy (non-hydrogen) atoms. The van der Waals surface area contributed by atoms with Crippen molar-refractivity contribution in [2.24, 2.45) is 0 Å². The summed E-state index contributed by atoms with van der Waals surface area (Å²) < 4.78 is 53.6. The van der Waals surface area contributed by atoms with Crippen LogP contribution in [0.3, 0.4) is 0 Å². The lowest BCUT2D eigenvalue weighted by Gasteiger charge is -2.33. The molecule has 0 bridgehead atoms. The van der Waals surface area contributed by atoms with Crippen LogP contribution in [-0.2, 0) is 11.2 Å². The van der Waals surface area contributed by atoms with E-state index in [1.165, 1.54) is 13.8 Å². The fourth-order valence-electron chi connectivity index (χ4n) is 2.71. The zero-order valence-corrected chi connectivity index (χ0v) is 12.6. The van der Waals surface area contributed by atoms with Crippen molar-refractivity contribution >= 4 is 0 Å². The summed E-state index contributed by atoms with van der Waals surface area (Å²) in [6.07, 6.45) is -0.481. The van der Waals surface area contributed by atoms with Gasteiger partial charge in [0.15, 0.2) is 0 Å².